The normalized spacial score (nSPS) is 16.6. The number of piperazine rings is 1. The van der Waals surface area contributed by atoms with E-state index >= 15 is 0 Å². The average Bonchev–Trinajstić information content (AvgIpc) is 2.46. The Morgan fingerprint density at radius 3 is 2.30 bits per heavy atom. The number of benzene rings is 1. The highest BCUT2D eigenvalue weighted by molar-refractivity contribution is 5.76. The highest BCUT2D eigenvalue weighted by Gasteiger charge is 2.21. The van der Waals surface area contributed by atoms with Gasteiger partial charge in [0.1, 0.15) is 0 Å². The van der Waals surface area contributed by atoms with Crippen LogP contribution < -0.4 is 5.73 Å². The molecule has 110 valence electrons. The van der Waals surface area contributed by atoms with Crippen molar-refractivity contribution in [1.82, 2.24) is 9.80 Å². The minimum atomic E-state index is 0.269. The molecular formula is C16H25N3O. The van der Waals surface area contributed by atoms with Crippen LogP contribution in [-0.4, -0.2) is 47.9 Å². The van der Waals surface area contributed by atoms with Gasteiger partial charge in [-0.25, -0.2) is 0 Å². The van der Waals surface area contributed by atoms with Crippen molar-refractivity contribution in [1.29, 1.82) is 0 Å². The number of aryl methyl sites for hydroxylation is 1. The van der Waals surface area contributed by atoms with Crippen molar-refractivity contribution in [3.05, 3.63) is 29.8 Å². The first-order chi connectivity index (χ1) is 9.56. The van der Waals surface area contributed by atoms with Crippen LogP contribution in [0.25, 0.3) is 0 Å². The molecule has 0 radical (unpaired) electrons. The van der Waals surface area contributed by atoms with E-state index in [1.807, 2.05) is 29.2 Å². The summed E-state index contributed by atoms with van der Waals surface area (Å²) < 4.78 is 0. The molecule has 0 aromatic heterocycles. The molecule has 0 aliphatic carbocycles. The molecule has 0 bridgehead atoms. The summed E-state index contributed by atoms with van der Waals surface area (Å²) in [7, 11) is 0. The average molecular weight is 275 g/mol. The number of hydrogen-bond acceptors (Lipinski definition) is 3. The number of carbonyl (C=O) groups excluding carboxylic acids is 1. The van der Waals surface area contributed by atoms with Gasteiger partial charge >= 0.3 is 0 Å². The Morgan fingerprint density at radius 1 is 1.15 bits per heavy atom. The van der Waals surface area contributed by atoms with E-state index in [1.165, 1.54) is 5.56 Å². The third kappa shape index (κ3) is 3.97. The Balaban J connectivity index is 1.77. The fourth-order valence-electron chi connectivity index (χ4n) is 2.58. The van der Waals surface area contributed by atoms with E-state index < -0.39 is 0 Å². The maximum atomic E-state index is 12.2. The second kappa shape index (κ2) is 6.75. The Kier molecular flexibility index (Phi) is 5.01. The summed E-state index contributed by atoms with van der Waals surface area (Å²) in [6.07, 6.45) is 1.38. The lowest BCUT2D eigenvalue weighted by Crippen LogP contribution is -2.50. The number of amides is 1. The van der Waals surface area contributed by atoms with Gasteiger partial charge in [0.15, 0.2) is 0 Å². The van der Waals surface area contributed by atoms with Crippen LogP contribution in [0.3, 0.4) is 0 Å². The van der Waals surface area contributed by atoms with Crippen LogP contribution in [0.2, 0.25) is 0 Å². The topological polar surface area (TPSA) is 49.6 Å². The summed E-state index contributed by atoms with van der Waals surface area (Å²) in [4.78, 5) is 16.6. The molecule has 4 heteroatoms. The number of nitrogens with zero attached hydrogens (tertiary/aromatic N) is 2. The molecule has 0 atom stereocenters. The second-order valence-corrected chi connectivity index (χ2v) is 5.75. The molecule has 0 unspecified atom stereocenters. The number of nitrogens with two attached hydrogens (primary N) is 1. The molecule has 0 spiro atoms. The van der Waals surface area contributed by atoms with Crippen molar-refractivity contribution >= 4 is 11.6 Å². The quantitative estimate of drug-likeness (QED) is 0.852. The van der Waals surface area contributed by atoms with Crippen molar-refractivity contribution in [2.45, 2.75) is 32.7 Å². The fraction of sp³-hybridized carbons (Fsp3) is 0.562. The number of carbonyl (C=O) groups is 1. The minimum Gasteiger partial charge on any atom is -0.399 e. The molecule has 4 nitrogen and oxygen atoms in total. The van der Waals surface area contributed by atoms with Gasteiger partial charge in [0.2, 0.25) is 5.91 Å². The van der Waals surface area contributed by atoms with Crippen molar-refractivity contribution in [3.8, 4) is 0 Å². The lowest BCUT2D eigenvalue weighted by molar-refractivity contribution is -0.133. The number of hydrogen-bond donors (Lipinski definition) is 1. The Bertz CT molecular complexity index is 434. The van der Waals surface area contributed by atoms with E-state index in [-0.39, 0.29) is 5.91 Å². The van der Waals surface area contributed by atoms with Gasteiger partial charge in [0.05, 0.1) is 0 Å². The van der Waals surface area contributed by atoms with Crippen molar-refractivity contribution < 1.29 is 4.79 Å². The predicted molar refractivity (Wildman–Crippen MR) is 82.5 cm³/mol. The summed E-state index contributed by atoms with van der Waals surface area (Å²) in [5, 5.41) is 0. The van der Waals surface area contributed by atoms with E-state index in [0.29, 0.717) is 12.5 Å². The van der Waals surface area contributed by atoms with Crippen molar-refractivity contribution in [3.63, 3.8) is 0 Å². The minimum absolute atomic E-state index is 0.269. The van der Waals surface area contributed by atoms with Gasteiger partial charge in [0.25, 0.3) is 0 Å². The lowest BCUT2D eigenvalue weighted by Gasteiger charge is -2.37. The van der Waals surface area contributed by atoms with Crippen LogP contribution in [0.15, 0.2) is 24.3 Å². The van der Waals surface area contributed by atoms with E-state index in [4.69, 9.17) is 5.73 Å². The van der Waals surface area contributed by atoms with E-state index in [0.717, 1.165) is 38.3 Å². The van der Waals surface area contributed by atoms with Crippen molar-refractivity contribution in [2.75, 3.05) is 31.9 Å². The summed E-state index contributed by atoms with van der Waals surface area (Å²) in [6.45, 7) is 8.12. The van der Waals surface area contributed by atoms with Gasteiger partial charge in [-0.05, 0) is 38.0 Å². The van der Waals surface area contributed by atoms with Crippen LogP contribution in [-0.2, 0) is 11.2 Å². The predicted octanol–water partition coefficient (Wildman–Crippen LogP) is 1.75. The summed E-state index contributed by atoms with van der Waals surface area (Å²) in [6, 6.07) is 8.35. The molecule has 1 aliphatic rings. The SMILES string of the molecule is CC(C)N1CCN(C(=O)CCc2ccc(N)cc2)CC1. The first kappa shape index (κ1) is 14.9. The van der Waals surface area contributed by atoms with Gasteiger partial charge in [-0.2, -0.15) is 0 Å². The molecule has 1 aromatic rings. The van der Waals surface area contributed by atoms with Gasteiger partial charge in [-0.1, -0.05) is 12.1 Å². The van der Waals surface area contributed by atoms with Crippen LogP contribution in [0.4, 0.5) is 5.69 Å². The van der Waals surface area contributed by atoms with Crippen LogP contribution >= 0.6 is 0 Å². The molecule has 1 amide bonds. The van der Waals surface area contributed by atoms with E-state index in [1.54, 1.807) is 0 Å². The molecule has 1 fully saturated rings. The zero-order chi connectivity index (χ0) is 14.5. The zero-order valence-corrected chi connectivity index (χ0v) is 12.5. The van der Waals surface area contributed by atoms with Gasteiger partial charge in [-0.3, -0.25) is 9.69 Å². The van der Waals surface area contributed by atoms with Crippen LogP contribution in [0, 0.1) is 0 Å². The largest absolute Gasteiger partial charge is 0.399 e. The standard InChI is InChI=1S/C16H25N3O/c1-13(2)18-9-11-19(12-10-18)16(20)8-5-14-3-6-15(17)7-4-14/h3-4,6-7,13H,5,8-12,17H2,1-2H3. The molecule has 1 aliphatic heterocycles. The first-order valence-corrected chi connectivity index (χ1v) is 7.42. The maximum Gasteiger partial charge on any atom is 0.222 e. The summed E-state index contributed by atoms with van der Waals surface area (Å²) in [5.74, 6) is 0.269. The zero-order valence-electron chi connectivity index (χ0n) is 12.5. The lowest BCUT2D eigenvalue weighted by atomic mass is 10.1. The molecule has 20 heavy (non-hydrogen) atoms. The van der Waals surface area contributed by atoms with E-state index in [9.17, 15) is 4.79 Å². The molecule has 2 rings (SSSR count). The Labute approximate surface area is 121 Å². The van der Waals surface area contributed by atoms with Crippen LogP contribution in [0.1, 0.15) is 25.8 Å². The first-order valence-electron chi connectivity index (χ1n) is 7.42. The number of nitrogen functional groups attached to an aromatic ring is 1. The highest BCUT2D eigenvalue weighted by Crippen LogP contribution is 2.11. The van der Waals surface area contributed by atoms with Gasteiger partial charge in [0, 0.05) is 44.3 Å². The molecule has 1 aromatic carbocycles. The molecule has 1 saturated heterocycles. The van der Waals surface area contributed by atoms with Gasteiger partial charge < -0.3 is 10.6 Å². The molecule has 0 saturated carbocycles. The Hall–Kier alpha value is -1.55. The van der Waals surface area contributed by atoms with E-state index in [2.05, 4.69) is 18.7 Å². The van der Waals surface area contributed by atoms with Crippen LogP contribution in [0.5, 0.6) is 0 Å². The number of anilines is 1. The smallest absolute Gasteiger partial charge is 0.222 e. The third-order valence-corrected chi connectivity index (χ3v) is 4.00. The Morgan fingerprint density at radius 2 is 1.75 bits per heavy atom. The fourth-order valence-corrected chi connectivity index (χ4v) is 2.58. The van der Waals surface area contributed by atoms with Crippen molar-refractivity contribution in [2.24, 2.45) is 0 Å². The monoisotopic (exact) mass is 275 g/mol. The summed E-state index contributed by atoms with van der Waals surface area (Å²) >= 11 is 0. The third-order valence-electron chi connectivity index (χ3n) is 4.00. The molecular weight excluding hydrogens is 250 g/mol. The number of rotatable bonds is 4. The molecule has 2 N–H and O–H groups in total. The second-order valence-electron chi connectivity index (χ2n) is 5.75. The maximum absolute atomic E-state index is 12.2. The highest BCUT2D eigenvalue weighted by atomic mass is 16.2. The molecule has 1 heterocycles. The van der Waals surface area contributed by atoms with Gasteiger partial charge in [-0.15, -0.1) is 0 Å². The summed E-state index contributed by atoms with van der Waals surface area (Å²) in [5.41, 5.74) is 7.60.